The van der Waals surface area contributed by atoms with Crippen LogP contribution < -0.4 is 20.1 Å². The average Bonchev–Trinajstić information content (AvgIpc) is 3.40. The van der Waals surface area contributed by atoms with Gasteiger partial charge in [0.25, 0.3) is 0 Å². The number of methoxy groups -OCH3 is 2. The first-order valence-electron chi connectivity index (χ1n) is 10.4. The molecule has 1 saturated heterocycles. The Bertz CT molecular complexity index is 833. The topological polar surface area (TPSA) is 84.2 Å². The maximum atomic E-state index is 5.39. The number of aliphatic imine (C=N–C) groups is 1. The number of ether oxygens (including phenoxy) is 2. The van der Waals surface area contributed by atoms with E-state index in [9.17, 15) is 0 Å². The number of likely N-dealkylation sites (tertiary alicyclic amines) is 1. The van der Waals surface area contributed by atoms with Gasteiger partial charge >= 0.3 is 0 Å². The average molecular weight is 543 g/mol. The number of hydrogen-bond donors (Lipinski definition) is 2. The fourth-order valence-corrected chi connectivity index (χ4v) is 3.55. The summed E-state index contributed by atoms with van der Waals surface area (Å²) >= 11 is 0. The summed E-state index contributed by atoms with van der Waals surface area (Å²) in [5, 5.41) is 10.9. The standard InChI is InChI=1S/C22H33N5O3.HI/c1-15(2)21-11-20(30-26-21)12-24-22(23-3)25-17-6-7-27(14-17)13-16-8-18(28-4)10-19(9-16)29-5;/h8-11,15,17H,6-7,12-14H2,1-5H3,(H2,23,24,25);1H. The molecule has 1 aromatic carbocycles. The van der Waals surface area contributed by atoms with Gasteiger partial charge in [-0.05, 0) is 30.0 Å². The number of rotatable bonds is 8. The largest absolute Gasteiger partial charge is 0.497 e. The number of nitrogens with zero attached hydrogens (tertiary/aromatic N) is 3. The fourth-order valence-electron chi connectivity index (χ4n) is 3.55. The van der Waals surface area contributed by atoms with Crippen molar-refractivity contribution in [3.8, 4) is 11.5 Å². The van der Waals surface area contributed by atoms with E-state index in [0.29, 0.717) is 18.5 Å². The monoisotopic (exact) mass is 543 g/mol. The van der Waals surface area contributed by atoms with Crippen molar-refractivity contribution in [2.45, 2.75) is 45.3 Å². The van der Waals surface area contributed by atoms with Crippen molar-refractivity contribution in [3.05, 3.63) is 41.3 Å². The van der Waals surface area contributed by atoms with Gasteiger partial charge in [-0.15, -0.1) is 24.0 Å². The lowest BCUT2D eigenvalue weighted by Gasteiger charge is -2.19. The molecular weight excluding hydrogens is 509 g/mol. The highest BCUT2D eigenvalue weighted by molar-refractivity contribution is 14.0. The fraction of sp³-hybridized carbons (Fsp3) is 0.545. The van der Waals surface area contributed by atoms with Crippen molar-refractivity contribution < 1.29 is 14.0 Å². The Labute approximate surface area is 201 Å². The molecule has 1 fully saturated rings. The summed E-state index contributed by atoms with van der Waals surface area (Å²) < 4.78 is 16.2. The number of hydrogen-bond acceptors (Lipinski definition) is 6. The van der Waals surface area contributed by atoms with E-state index < -0.39 is 0 Å². The van der Waals surface area contributed by atoms with E-state index >= 15 is 0 Å². The van der Waals surface area contributed by atoms with Gasteiger partial charge in [-0.2, -0.15) is 0 Å². The lowest BCUT2D eigenvalue weighted by molar-refractivity contribution is 0.321. The first kappa shape index (κ1) is 25.3. The quantitative estimate of drug-likeness (QED) is 0.300. The molecule has 3 rings (SSSR count). The van der Waals surface area contributed by atoms with Gasteiger partial charge in [0.05, 0.1) is 26.5 Å². The molecule has 2 N–H and O–H groups in total. The highest BCUT2D eigenvalue weighted by atomic mass is 127. The van der Waals surface area contributed by atoms with E-state index in [1.165, 1.54) is 5.56 Å². The smallest absolute Gasteiger partial charge is 0.191 e. The third-order valence-electron chi connectivity index (χ3n) is 5.25. The van der Waals surface area contributed by atoms with E-state index in [1.807, 2.05) is 12.1 Å². The number of aromatic nitrogens is 1. The molecule has 2 heterocycles. The third kappa shape index (κ3) is 7.27. The van der Waals surface area contributed by atoms with E-state index in [1.54, 1.807) is 21.3 Å². The Kier molecular flexibility index (Phi) is 9.89. The second-order valence-corrected chi connectivity index (χ2v) is 7.88. The zero-order valence-corrected chi connectivity index (χ0v) is 21.3. The number of benzene rings is 1. The van der Waals surface area contributed by atoms with E-state index in [-0.39, 0.29) is 24.0 Å². The van der Waals surface area contributed by atoms with Gasteiger partial charge in [0, 0.05) is 44.9 Å². The van der Waals surface area contributed by atoms with Gasteiger partial charge < -0.3 is 24.6 Å². The minimum atomic E-state index is 0. The molecule has 172 valence electrons. The van der Waals surface area contributed by atoms with Gasteiger partial charge in [0.2, 0.25) is 0 Å². The number of nitrogens with one attached hydrogen (secondary N) is 2. The molecule has 2 aromatic rings. The maximum Gasteiger partial charge on any atom is 0.191 e. The molecule has 1 aliphatic rings. The van der Waals surface area contributed by atoms with Gasteiger partial charge in [0.15, 0.2) is 11.7 Å². The molecule has 1 atom stereocenters. The van der Waals surface area contributed by atoms with Gasteiger partial charge in [-0.3, -0.25) is 9.89 Å². The Balaban J connectivity index is 0.00000341. The minimum Gasteiger partial charge on any atom is -0.497 e. The Morgan fingerprint density at radius 2 is 1.94 bits per heavy atom. The van der Waals surface area contributed by atoms with Crippen molar-refractivity contribution in [1.82, 2.24) is 20.7 Å². The van der Waals surface area contributed by atoms with Crippen LogP contribution in [-0.4, -0.2) is 56.4 Å². The van der Waals surface area contributed by atoms with E-state index in [0.717, 1.165) is 55.0 Å². The second-order valence-electron chi connectivity index (χ2n) is 7.88. The maximum absolute atomic E-state index is 5.39. The molecule has 9 heteroatoms. The molecule has 1 aromatic heterocycles. The molecule has 31 heavy (non-hydrogen) atoms. The van der Waals surface area contributed by atoms with Crippen LogP contribution in [0.5, 0.6) is 11.5 Å². The summed E-state index contributed by atoms with van der Waals surface area (Å²) in [5.41, 5.74) is 2.15. The predicted molar refractivity (Wildman–Crippen MR) is 133 cm³/mol. The molecule has 1 unspecified atom stereocenters. The van der Waals surface area contributed by atoms with Crippen LogP contribution in [0.3, 0.4) is 0 Å². The van der Waals surface area contributed by atoms with Crippen molar-refractivity contribution >= 4 is 29.9 Å². The lowest BCUT2D eigenvalue weighted by Crippen LogP contribution is -2.44. The third-order valence-corrected chi connectivity index (χ3v) is 5.25. The normalized spacial score (nSPS) is 16.8. The van der Waals surface area contributed by atoms with Gasteiger partial charge in [-0.25, -0.2) is 0 Å². The summed E-state index contributed by atoms with van der Waals surface area (Å²) in [6, 6.07) is 8.35. The molecule has 0 saturated carbocycles. The highest BCUT2D eigenvalue weighted by Crippen LogP contribution is 2.24. The lowest BCUT2D eigenvalue weighted by atomic mass is 10.1. The van der Waals surface area contributed by atoms with Crippen LogP contribution in [0.1, 0.15) is 43.2 Å². The molecule has 0 spiro atoms. The second kappa shape index (κ2) is 12.1. The summed E-state index contributed by atoms with van der Waals surface area (Å²) in [4.78, 5) is 6.76. The summed E-state index contributed by atoms with van der Waals surface area (Å²) in [6.45, 7) is 7.58. The first-order chi connectivity index (χ1) is 14.5. The van der Waals surface area contributed by atoms with Crippen molar-refractivity contribution in [1.29, 1.82) is 0 Å². The molecule has 0 bridgehead atoms. The van der Waals surface area contributed by atoms with Crippen LogP contribution in [0, 0.1) is 0 Å². The van der Waals surface area contributed by atoms with Crippen LogP contribution >= 0.6 is 24.0 Å². The first-order valence-corrected chi connectivity index (χ1v) is 10.4. The molecule has 1 aliphatic heterocycles. The number of halogens is 1. The van der Waals surface area contributed by atoms with Crippen LogP contribution in [0.15, 0.2) is 33.8 Å². The summed E-state index contributed by atoms with van der Waals surface area (Å²) in [5.74, 6) is 3.56. The summed E-state index contributed by atoms with van der Waals surface area (Å²) in [6.07, 6.45) is 1.06. The molecular formula is C22H34IN5O3. The predicted octanol–water partition coefficient (Wildman–Crippen LogP) is 3.37. The van der Waals surface area contributed by atoms with Crippen LogP contribution in [0.4, 0.5) is 0 Å². The zero-order chi connectivity index (χ0) is 21.5. The number of guanidine groups is 1. The van der Waals surface area contributed by atoms with E-state index in [2.05, 4.69) is 51.7 Å². The van der Waals surface area contributed by atoms with Crippen LogP contribution in [-0.2, 0) is 13.1 Å². The SMILES string of the molecule is CN=C(NCc1cc(C(C)C)no1)NC1CCN(Cc2cc(OC)cc(OC)c2)C1.I. The van der Waals surface area contributed by atoms with Crippen molar-refractivity contribution in [2.75, 3.05) is 34.4 Å². The van der Waals surface area contributed by atoms with E-state index in [4.69, 9.17) is 14.0 Å². The van der Waals surface area contributed by atoms with Crippen LogP contribution in [0.2, 0.25) is 0 Å². The Morgan fingerprint density at radius 3 is 2.52 bits per heavy atom. The molecule has 0 amide bonds. The zero-order valence-electron chi connectivity index (χ0n) is 19.0. The molecule has 0 radical (unpaired) electrons. The Hall–Kier alpha value is -2.01. The molecule has 0 aliphatic carbocycles. The van der Waals surface area contributed by atoms with Crippen molar-refractivity contribution in [3.63, 3.8) is 0 Å². The van der Waals surface area contributed by atoms with Crippen LogP contribution in [0.25, 0.3) is 0 Å². The summed E-state index contributed by atoms with van der Waals surface area (Å²) in [7, 11) is 5.13. The van der Waals surface area contributed by atoms with Crippen molar-refractivity contribution in [2.24, 2.45) is 4.99 Å². The Morgan fingerprint density at radius 1 is 1.23 bits per heavy atom. The van der Waals surface area contributed by atoms with Gasteiger partial charge in [-0.1, -0.05) is 19.0 Å². The highest BCUT2D eigenvalue weighted by Gasteiger charge is 2.23. The van der Waals surface area contributed by atoms with Gasteiger partial charge in [0.1, 0.15) is 11.5 Å². The molecule has 8 nitrogen and oxygen atoms in total. The minimum absolute atomic E-state index is 0.